The number of rotatable bonds is 3. The van der Waals surface area contributed by atoms with Crippen molar-refractivity contribution in [3.05, 3.63) is 35.6 Å². The summed E-state index contributed by atoms with van der Waals surface area (Å²) in [7, 11) is 0. The van der Waals surface area contributed by atoms with Crippen molar-refractivity contribution in [2.45, 2.75) is 25.1 Å². The summed E-state index contributed by atoms with van der Waals surface area (Å²) in [5.74, 6) is -2.00. The van der Waals surface area contributed by atoms with Crippen molar-refractivity contribution < 1.29 is 31.9 Å². The molecule has 1 aromatic rings. The zero-order valence-corrected chi connectivity index (χ0v) is 14.2. The lowest BCUT2D eigenvalue weighted by molar-refractivity contribution is -0.151. The lowest BCUT2D eigenvalue weighted by atomic mass is 10.0. The first-order valence-electron chi connectivity index (χ1n) is 8.39. The number of amides is 4. The Morgan fingerprint density at radius 1 is 1.11 bits per heavy atom. The highest BCUT2D eigenvalue weighted by molar-refractivity contribution is 6.02. The summed E-state index contributed by atoms with van der Waals surface area (Å²) in [5, 5.41) is 0. The fraction of sp³-hybridized carbons (Fsp3) is 0.471. The van der Waals surface area contributed by atoms with Crippen LogP contribution in [0.25, 0.3) is 0 Å². The first-order valence-corrected chi connectivity index (χ1v) is 8.39. The lowest BCUT2D eigenvalue weighted by Crippen LogP contribution is -2.48. The van der Waals surface area contributed by atoms with E-state index < -0.39 is 49.0 Å². The summed E-state index contributed by atoms with van der Waals surface area (Å²) in [6.45, 7) is -1.57. The van der Waals surface area contributed by atoms with E-state index in [9.17, 15) is 31.9 Å². The SMILES string of the molecule is O=C(c1ccccc1F)N1CCC(N2CC(=O)N(CC(F)(F)F)C2=O)CC1. The zero-order chi connectivity index (χ0) is 19.8. The van der Waals surface area contributed by atoms with Crippen LogP contribution >= 0.6 is 0 Å². The first kappa shape index (κ1) is 19.1. The van der Waals surface area contributed by atoms with Gasteiger partial charge >= 0.3 is 12.2 Å². The van der Waals surface area contributed by atoms with Gasteiger partial charge in [0.15, 0.2) is 0 Å². The van der Waals surface area contributed by atoms with E-state index in [2.05, 4.69) is 0 Å². The lowest BCUT2D eigenvalue weighted by Gasteiger charge is -2.36. The molecular weight excluding hydrogens is 370 g/mol. The van der Waals surface area contributed by atoms with Gasteiger partial charge in [0, 0.05) is 19.1 Å². The molecular formula is C17H17F4N3O3. The van der Waals surface area contributed by atoms with Crippen molar-refractivity contribution in [1.29, 1.82) is 0 Å². The number of carbonyl (C=O) groups is 3. The van der Waals surface area contributed by atoms with Crippen LogP contribution in [0.2, 0.25) is 0 Å². The quantitative estimate of drug-likeness (QED) is 0.591. The van der Waals surface area contributed by atoms with Crippen molar-refractivity contribution in [2.24, 2.45) is 0 Å². The standard InChI is InChI=1S/C17H17F4N3O3/c18-13-4-2-1-3-12(13)15(26)22-7-5-11(6-8-22)23-9-14(25)24(16(23)27)10-17(19,20)21/h1-4,11H,5-10H2. The van der Waals surface area contributed by atoms with Crippen LogP contribution in [0, 0.1) is 5.82 Å². The number of carbonyl (C=O) groups excluding carboxylic acids is 3. The van der Waals surface area contributed by atoms with E-state index in [1.807, 2.05) is 0 Å². The normalized spacial score (nSPS) is 19.2. The van der Waals surface area contributed by atoms with Crippen LogP contribution in [0.5, 0.6) is 0 Å². The second-order valence-electron chi connectivity index (χ2n) is 6.51. The molecule has 0 bridgehead atoms. The third-order valence-electron chi connectivity index (χ3n) is 4.72. The van der Waals surface area contributed by atoms with E-state index in [1.165, 1.54) is 23.1 Å². The Bertz CT molecular complexity index is 760. The van der Waals surface area contributed by atoms with Crippen LogP contribution in [0.15, 0.2) is 24.3 Å². The third kappa shape index (κ3) is 4.04. The van der Waals surface area contributed by atoms with Crippen LogP contribution in [0.3, 0.4) is 0 Å². The molecule has 0 aromatic heterocycles. The molecule has 2 fully saturated rings. The van der Waals surface area contributed by atoms with Gasteiger partial charge in [0.1, 0.15) is 18.9 Å². The fourth-order valence-electron chi connectivity index (χ4n) is 3.37. The van der Waals surface area contributed by atoms with Crippen LogP contribution in [0.1, 0.15) is 23.2 Å². The largest absolute Gasteiger partial charge is 0.406 e. The Balaban J connectivity index is 1.61. The predicted molar refractivity (Wildman–Crippen MR) is 85.2 cm³/mol. The van der Waals surface area contributed by atoms with Gasteiger partial charge in [0.25, 0.3) is 11.8 Å². The molecule has 146 valence electrons. The van der Waals surface area contributed by atoms with Gasteiger partial charge in [-0.25, -0.2) is 9.18 Å². The van der Waals surface area contributed by atoms with E-state index in [4.69, 9.17) is 0 Å². The van der Waals surface area contributed by atoms with Crippen molar-refractivity contribution >= 4 is 17.8 Å². The molecule has 0 spiro atoms. The second-order valence-corrected chi connectivity index (χ2v) is 6.51. The number of halogens is 4. The molecule has 4 amide bonds. The molecule has 0 saturated carbocycles. The Kier molecular flexibility index (Phi) is 5.07. The fourth-order valence-corrected chi connectivity index (χ4v) is 3.37. The van der Waals surface area contributed by atoms with E-state index in [-0.39, 0.29) is 23.6 Å². The summed E-state index contributed by atoms with van der Waals surface area (Å²) >= 11 is 0. The number of hydrogen-bond acceptors (Lipinski definition) is 3. The summed E-state index contributed by atoms with van der Waals surface area (Å²) in [6, 6.07) is 4.18. The minimum atomic E-state index is -4.66. The Labute approximate surface area is 152 Å². The van der Waals surface area contributed by atoms with Gasteiger partial charge < -0.3 is 9.80 Å². The van der Waals surface area contributed by atoms with Crippen molar-refractivity contribution in [2.75, 3.05) is 26.2 Å². The molecule has 27 heavy (non-hydrogen) atoms. The maximum atomic E-state index is 13.8. The molecule has 10 heteroatoms. The first-order chi connectivity index (χ1) is 12.7. The monoisotopic (exact) mass is 387 g/mol. The van der Waals surface area contributed by atoms with Crippen LogP contribution in [-0.2, 0) is 4.79 Å². The van der Waals surface area contributed by atoms with Crippen molar-refractivity contribution in [3.63, 3.8) is 0 Å². The number of hydrogen-bond donors (Lipinski definition) is 0. The van der Waals surface area contributed by atoms with Crippen molar-refractivity contribution in [1.82, 2.24) is 14.7 Å². The Morgan fingerprint density at radius 3 is 2.33 bits per heavy atom. The van der Waals surface area contributed by atoms with E-state index >= 15 is 0 Å². The topological polar surface area (TPSA) is 60.9 Å². The number of benzene rings is 1. The second kappa shape index (κ2) is 7.16. The molecule has 2 heterocycles. The summed E-state index contributed by atoms with van der Waals surface area (Å²) in [4.78, 5) is 39.1. The van der Waals surface area contributed by atoms with Gasteiger partial charge in [-0.1, -0.05) is 12.1 Å². The average molecular weight is 387 g/mol. The molecule has 1 aromatic carbocycles. The molecule has 2 aliphatic heterocycles. The number of nitrogens with zero attached hydrogens (tertiary/aromatic N) is 3. The predicted octanol–water partition coefficient (Wildman–Crippen LogP) is 2.26. The zero-order valence-electron chi connectivity index (χ0n) is 14.2. The molecule has 0 atom stereocenters. The molecule has 3 rings (SSSR count). The number of likely N-dealkylation sites (tertiary alicyclic amines) is 1. The van der Waals surface area contributed by atoms with Crippen LogP contribution < -0.4 is 0 Å². The summed E-state index contributed by atoms with van der Waals surface area (Å²) in [5.41, 5.74) is -0.0558. The smallest absolute Gasteiger partial charge is 0.338 e. The highest BCUT2D eigenvalue weighted by atomic mass is 19.4. The van der Waals surface area contributed by atoms with Crippen LogP contribution in [-0.4, -0.2) is 70.9 Å². The molecule has 0 unspecified atom stereocenters. The minimum absolute atomic E-state index is 0.0558. The molecule has 0 aliphatic carbocycles. The van der Waals surface area contributed by atoms with Gasteiger partial charge in [-0.2, -0.15) is 13.2 Å². The molecule has 2 saturated heterocycles. The molecule has 2 aliphatic rings. The van der Waals surface area contributed by atoms with Crippen LogP contribution in [0.4, 0.5) is 22.4 Å². The summed E-state index contributed by atoms with van der Waals surface area (Å²) < 4.78 is 51.3. The van der Waals surface area contributed by atoms with E-state index in [0.717, 1.165) is 4.90 Å². The Hall–Kier alpha value is -2.65. The highest BCUT2D eigenvalue weighted by Crippen LogP contribution is 2.26. The van der Waals surface area contributed by atoms with Crippen molar-refractivity contribution in [3.8, 4) is 0 Å². The molecule has 6 nitrogen and oxygen atoms in total. The van der Waals surface area contributed by atoms with E-state index in [1.54, 1.807) is 6.07 Å². The van der Waals surface area contributed by atoms with Gasteiger partial charge in [-0.05, 0) is 25.0 Å². The number of urea groups is 1. The summed E-state index contributed by atoms with van der Waals surface area (Å²) in [6.07, 6.45) is -4.05. The Morgan fingerprint density at radius 2 is 1.74 bits per heavy atom. The number of piperidine rings is 1. The average Bonchev–Trinajstić information content (AvgIpc) is 2.88. The maximum Gasteiger partial charge on any atom is 0.406 e. The van der Waals surface area contributed by atoms with E-state index in [0.29, 0.717) is 12.8 Å². The van der Waals surface area contributed by atoms with Gasteiger partial charge in [0.2, 0.25) is 0 Å². The number of alkyl halides is 3. The maximum absolute atomic E-state index is 13.8. The van der Waals surface area contributed by atoms with Gasteiger partial charge in [-0.3, -0.25) is 14.5 Å². The number of imide groups is 1. The van der Waals surface area contributed by atoms with Gasteiger partial charge in [-0.15, -0.1) is 0 Å². The third-order valence-corrected chi connectivity index (χ3v) is 4.72. The van der Waals surface area contributed by atoms with Gasteiger partial charge in [0.05, 0.1) is 5.56 Å². The minimum Gasteiger partial charge on any atom is -0.338 e. The molecule has 0 N–H and O–H groups in total. The highest BCUT2D eigenvalue weighted by Gasteiger charge is 2.45. The molecule has 0 radical (unpaired) electrons.